The minimum Gasteiger partial charge on any atom is -0.507 e. The molecule has 3 aromatic rings. The molecule has 1 amide bonds. The van der Waals surface area contributed by atoms with Gasteiger partial charge in [-0.1, -0.05) is 30.3 Å². The number of phenolic OH excluding ortho intramolecular Hbond substituents is 1. The van der Waals surface area contributed by atoms with Crippen molar-refractivity contribution in [3.63, 3.8) is 0 Å². The quantitative estimate of drug-likeness (QED) is 0.419. The standard InChI is InChI=1S/C19H17N3O2S/c1-13-10-18(15-7-3-4-8-16(15)21-13)25-12-19(24)22-20-11-14-6-2-5-9-17(14)23/h2-11,23H,12H2,1H3,(H,22,24)/b20-11+. The Morgan fingerprint density at radius 3 is 2.84 bits per heavy atom. The number of hydrogen-bond acceptors (Lipinski definition) is 5. The van der Waals surface area contributed by atoms with Gasteiger partial charge < -0.3 is 5.11 Å². The van der Waals surface area contributed by atoms with Gasteiger partial charge in [-0.15, -0.1) is 11.8 Å². The van der Waals surface area contributed by atoms with Crippen molar-refractivity contribution in [1.82, 2.24) is 10.4 Å². The highest BCUT2D eigenvalue weighted by atomic mass is 32.2. The van der Waals surface area contributed by atoms with Crippen molar-refractivity contribution in [1.29, 1.82) is 0 Å². The maximum Gasteiger partial charge on any atom is 0.250 e. The molecule has 6 heteroatoms. The first-order valence-electron chi connectivity index (χ1n) is 7.72. The first kappa shape index (κ1) is 17.0. The lowest BCUT2D eigenvalue weighted by atomic mass is 10.2. The van der Waals surface area contributed by atoms with Crippen molar-refractivity contribution in [3.8, 4) is 5.75 Å². The minimum absolute atomic E-state index is 0.119. The number of aromatic nitrogens is 1. The molecule has 0 aliphatic rings. The van der Waals surface area contributed by atoms with Crippen LogP contribution in [0.5, 0.6) is 5.75 Å². The number of rotatable bonds is 5. The van der Waals surface area contributed by atoms with Gasteiger partial charge in [0.1, 0.15) is 5.75 Å². The maximum absolute atomic E-state index is 12.0. The maximum atomic E-state index is 12.0. The Kier molecular flexibility index (Phi) is 5.30. The highest BCUT2D eigenvalue weighted by Gasteiger charge is 2.07. The number of fused-ring (bicyclic) bond motifs is 1. The van der Waals surface area contributed by atoms with Gasteiger partial charge in [0, 0.05) is 21.5 Å². The monoisotopic (exact) mass is 351 g/mol. The predicted octanol–water partition coefficient (Wildman–Crippen LogP) is 3.49. The number of phenols is 1. The van der Waals surface area contributed by atoms with Crippen LogP contribution in [0.25, 0.3) is 10.9 Å². The average molecular weight is 351 g/mol. The summed E-state index contributed by atoms with van der Waals surface area (Å²) in [6.07, 6.45) is 1.42. The van der Waals surface area contributed by atoms with E-state index in [-0.39, 0.29) is 17.4 Å². The van der Waals surface area contributed by atoms with Crippen LogP contribution in [0.3, 0.4) is 0 Å². The number of nitrogens with one attached hydrogen (secondary N) is 1. The molecule has 0 atom stereocenters. The summed E-state index contributed by atoms with van der Waals surface area (Å²) in [5.41, 5.74) is 4.86. The van der Waals surface area contributed by atoms with Crippen LogP contribution in [-0.4, -0.2) is 28.0 Å². The van der Waals surface area contributed by atoms with Gasteiger partial charge in [-0.3, -0.25) is 9.78 Å². The molecule has 0 aliphatic heterocycles. The zero-order chi connectivity index (χ0) is 17.6. The van der Waals surface area contributed by atoms with E-state index < -0.39 is 0 Å². The Morgan fingerprint density at radius 2 is 2.00 bits per heavy atom. The second kappa shape index (κ2) is 7.81. The van der Waals surface area contributed by atoms with E-state index in [1.165, 1.54) is 18.0 Å². The minimum atomic E-state index is -0.213. The van der Waals surface area contributed by atoms with Gasteiger partial charge in [0.2, 0.25) is 5.91 Å². The molecular formula is C19H17N3O2S. The molecule has 25 heavy (non-hydrogen) atoms. The molecule has 126 valence electrons. The van der Waals surface area contributed by atoms with Crippen molar-refractivity contribution in [2.75, 3.05) is 5.75 Å². The first-order valence-corrected chi connectivity index (χ1v) is 8.71. The van der Waals surface area contributed by atoms with Crippen molar-refractivity contribution in [2.24, 2.45) is 5.10 Å². The van der Waals surface area contributed by atoms with Crippen molar-refractivity contribution in [3.05, 3.63) is 65.9 Å². The highest BCUT2D eigenvalue weighted by molar-refractivity contribution is 8.00. The van der Waals surface area contributed by atoms with Crippen molar-refractivity contribution < 1.29 is 9.90 Å². The number of aryl methyl sites for hydroxylation is 1. The third-order valence-electron chi connectivity index (χ3n) is 3.49. The van der Waals surface area contributed by atoms with Crippen molar-refractivity contribution >= 4 is 34.8 Å². The molecule has 1 aromatic heterocycles. The fourth-order valence-electron chi connectivity index (χ4n) is 2.33. The topological polar surface area (TPSA) is 74.6 Å². The summed E-state index contributed by atoms with van der Waals surface area (Å²) in [5, 5.41) is 14.6. The molecule has 2 N–H and O–H groups in total. The van der Waals surface area contributed by atoms with Crippen LogP contribution in [0.15, 0.2) is 64.6 Å². The molecule has 2 aromatic carbocycles. The normalized spacial score (nSPS) is 11.1. The Morgan fingerprint density at radius 1 is 1.24 bits per heavy atom. The highest BCUT2D eigenvalue weighted by Crippen LogP contribution is 2.27. The number of hydrogen-bond donors (Lipinski definition) is 2. The number of carbonyl (C=O) groups excluding carboxylic acids is 1. The summed E-state index contributed by atoms with van der Waals surface area (Å²) in [6, 6.07) is 16.6. The number of benzene rings is 2. The van der Waals surface area contributed by atoms with Crippen LogP contribution in [0.2, 0.25) is 0 Å². The second-order valence-corrected chi connectivity index (χ2v) is 6.44. The third-order valence-corrected chi connectivity index (χ3v) is 4.55. The van der Waals surface area contributed by atoms with E-state index in [4.69, 9.17) is 0 Å². The Hall–Kier alpha value is -2.86. The zero-order valence-corrected chi connectivity index (χ0v) is 14.5. The van der Waals surface area contributed by atoms with Gasteiger partial charge in [0.25, 0.3) is 0 Å². The summed E-state index contributed by atoms with van der Waals surface area (Å²) in [5.74, 6) is 0.148. The van der Waals surface area contributed by atoms with Crippen LogP contribution in [0.1, 0.15) is 11.3 Å². The van der Waals surface area contributed by atoms with Crippen LogP contribution in [-0.2, 0) is 4.79 Å². The molecule has 0 aliphatic carbocycles. The van der Waals surface area contributed by atoms with Crippen molar-refractivity contribution in [2.45, 2.75) is 11.8 Å². The first-order chi connectivity index (χ1) is 12.1. The predicted molar refractivity (Wildman–Crippen MR) is 101 cm³/mol. The number of hydrazone groups is 1. The van der Waals surface area contributed by atoms with E-state index in [0.717, 1.165) is 21.5 Å². The molecule has 0 unspecified atom stereocenters. The summed E-state index contributed by atoms with van der Waals surface area (Å²) < 4.78 is 0. The number of para-hydroxylation sites is 2. The van der Waals surface area contributed by atoms with Crippen LogP contribution in [0.4, 0.5) is 0 Å². The largest absolute Gasteiger partial charge is 0.507 e. The van der Waals surface area contributed by atoms with E-state index in [0.29, 0.717) is 5.56 Å². The smallest absolute Gasteiger partial charge is 0.250 e. The Bertz CT molecular complexity index is 941. The van der Waals surface area contributed by atoms with E-state index >= 15 is 0 Å². The molecule has 0 saturated heterocycles. The van der Waals surface area contributed by atoms with E-state index in [1.807, 2.05) is 37.3 Å². The lowest BCUT2D eigenvalue weighted by Crippen LogP contribution is -2.19. The lowest BCUT2D eigenvalue weighted by Gasteiger charge is -2.07. The van der Waals surface area contributed by atoms with Gasteiger partial charge in [0.15, 0.2) is 0 Å². The summed E-state index contributed by atoms with van der Waals surface area (Å²) >= 11 is 1.45. The molecule has 0 spiro atoms. The number of carbonyl (C=O) groups is 1. The summed E-state index contributed by atoms with van der Waals surface area (Å²) in [4.78, 5) is 17.5. The van der Waals surface area contributed by atoms with Crippen LogP contribution in [0, 0.1) is 6.92 Å². The zero-order valence-electron chi connectivity index (χ0n) is 13.6. The molecule has 1 heterocycles. The van der Waals surface area contributed by atoms with Crippen LogP contribution >= 0.6 is 11.8 Å². The van der Waals surface area contributed by atoms with Crippen LogP contribution < -0.4 is 5.43 Å². The third kappa shape index (κ3) is 4.36. The number of thioether (sulfide) groups is 1. The molecule has 3 rings (SSSR count). The van der Waals surface area contributed by atoms with E-state index in [1.54, 1.807) is 24.3 Å². The lowest BCUT2D eigenvalue weighted by molar-refractivity contribution is -0.118. The number of amides is 1. The Balaban J connectivity index is 1.62. The Labute approximate surface area is 149 Å². The van der Waals surface area contributed by atoms with E-state index in [9.17, 15) is 9.90 Å². The second-order valence-electron chi connectivity index (χ2n) is 5.42. The molecular weight excluding hydrogens is 334 g/mol. The van der Waals surface area contributed by atoms with E-state index in [2.05, 4.69) is 15.5 Å². The fourth-order valence-corrected chi connectivity index (χ4v) is 3.27. The number of nitrogens with zero attached hydrogens (tertiary/aromatic N) is 2. The summed E-state index contributed by atoms with van der Waals surface area (Å²) in [6.45, 7) is 1.94. The molecule has 0 radical (unpaired) electrons. The molecule has 0 fully saturated rings. The van der Waals surface area contributed by atoms with Gasteiger partial charge in [-0.05, 0) is 31.2 Å². The SMILES string of the molecule is Cc1cc(SCC(=O)N/N=C/c2ccccc2O)c2ccccc2n1. The van der Waals surface area contributed by atoms with Gasteiger partial charge in [-0.25, -0.2) is 5.43 Å². The van der Waals surface area contributed by atoms with Gasteiger partial charge in [0.05, 0.1) is 17.5 Å². The van der Waals surface area contributed by atoms with Gasteiger partial charge in [-0.2, -0.15) is 5.10 Å². The molecule has 0 saturated carbocycles. The summed E-state index contributed by atoms with van der Waals surface area (Å²) in [7, 11) is 0. The average Bonchev–Trinajstić information content (AvgIpc) is 2.61. The fraction of sp³-hybridized carbons (Fsp3) is 0.105. The number of pyridine rings is 1. The van der Waals surface area contributed by atoms with Gasteiger partial charge >= 0.3 is 0 Å². The molecule has 5 nitrogen and oxygen atoms in total. The molecule has 0 bridgehead atoms. The number of aromatic hydroxyl groups is 1.